The first kappa shape index (κ1) is 20.4. The summed E-state index contributed by atoms with van der Waals surface area (Å²) >= 11 is 10.5. The van der Waals surface area contributed by atoms with Gasteiger partial charge >= 0.3 is 5.97 Å². The van der Waals surface area contributed by atoms with Gasteiger partial charge in [0.05, 0.1) is 18.3 Å². The standard InChI is InChI=1S/C17H21Br3O4/c1-10-17-14(20)9-16(24-17)15(23-11(2)21)8-12(19)5-6-13(22-10)4-3-7-18/h4-7,10,12-17H,8-9H2,1-2H3/b6-5+/t3?,10-,12-,13+,14-,15-,16-,17+/m0/s1. The van der Waals surface area contributed by atoms with E-state index in [0.29, 0.717) is 6.42 Å². The van der Waals surface area contributed by atoms with Crippen LogP contribution in [0.15, 0.2) is 28.9 Å². The SMILES string of the molecule is CC(=O)O[C@H]1C[C@@H](Br)/C=C/[C@@H](C=C=CBr)O[C@@H](C)[C@H]2O[C@H]1C[C@@H]2Br. The molecule has 0 aromatic rings. The Hall–Kier alpha value is 0.0900. The van der Waals surface area contributed by atoms with Gasteiger partial charge in [-0.3, -0.25) is 4.79 Å². The largest absolute Gasteiger partial charge is 0.460 e. The Morgan fingerprint density at radius 2 is 2.04 bits per heavy atom. The normalized spacial score (nSPS) is 40.8. The van der Waals surface area contributed by atoms with Crippen LogP contribution in [-0.2, 0) is 19.0 Å². The third-order valence-corrected chi connectivity index (χ3v) is 5.84. The highest BCUT2D eigenvalue weighted by molar-refractivity contribution is 9.11. The maximum atomic E-state index is 11.5. The van der Waals surface area contributed by atoms with Gasteiger partial charge in [0.25, 0.3) is 0 Å². The lowest BCUT2D eigenvalue weighted by molar-refractivity contribution is -0.157. The summed E-state index contributed by atoms with van der Waals surface area (Å²) in [4.78, 5) is 13.3. The number of hydrogen-bond donors (Lipinski definition) is 0. The van der Waals surface area contributed by atoms with Crippen LogP contribution < -0.4 is 0 Å². The summed E-state index contributed by atoms with van der Waals surface area (Å²) in [6, 6.07) is 0. The fourth-order valence-electron chi connectivity index (χ4n) is 2.96. The molecule has 134 valence electrons. The van der Waals surface area contributed by atoms with Crippen LogP contribution in [0.5, 0.6) is 0 Å². The molecule has 7 heteroatoms. The van der Waals surface area contributed by atoms with Crippen molar-refractivity contribution in [2.75, 3.05) is 0 Å². The number of ether oxygens (including phenoxy) is 3. The van der Waals surface area contributed by atoms with Gasteiger partial charge in [-0.1, -0.05) is 59.9 Å². The molecule has 0 spiro atoms. The van der Waals surface area contributed by atoms with Gasteiger partial charge in [0.1, 0.15) is 12.2 Å². The number of allylic oxidation sites excluding steroid dienone is 1. The maximum absolute atomic E-state index is 11.5. The van der Waals surface area contributed by atoms with Crippen LogP contribution >= 0.6 is 47.8 Å². The number of hydrogen-bond acceptors (Lipinski definition) is 4. The summed E-state index contributed by atoms with van der Waals surface area (Å²) in [5.74, 6) is -0.288. The number of rotatable bonds is 2. The molecule has 0 unspecified atom stereocenters. The number of alkyl halides is 2. The summed E-state index contributed by atoms with van der Waals surface area (Å²) in [7, 11) is 0. The lowest BCUT2D eigenvalue weighted by Crippen LogP contribution is -2.36. The first-order chi connectivity index (χ1) is 11.4. The van der Waals surface area contributed by atoms with E-state index in [-0.39, 0.29) is 46.1 Å². The predicted octanol–water partition coefficient (Wildman–Crippen LogP) is 4.40. The zero-order valence-electron chi connectivity index (χ0n) is 13.5. The van der Waals surface area contributed by atoms with E-state index < -0.39 is 0 Å². The summed E-state index contributed by atoms with van der Waals surface area (Å²) in [6.07, 6.45) is 6.41. The number of carbonyl (C=O) groups excluding carboxylic acids is 1. The second kappa shape index (κ2) is 9.70. The van der Waals surface area contributed by atoms with Gasteiger partial charge in [0.2, 0.25) is 0 Å². The van der Waals surface area contributed by atoms with Gasteiger partial charge in [-0.15, -0.1) is 5.73 Å². The van der Waals surface area contributed by atoms with Crippen molar-refractivity contribution in [1.29, 1.82) is 0 Å². The summed E-state index contributed by atoms with van der Waals surface area (Å²) in [6.45, 7) is 3.43. The third-order valence-electron chi connectivity index (χ3n) is 4.00. The average molecular weight is 529 g/mol. The molecule has 2 heterocycles. The van der Waals surface area contributed by atoms with Crippen LogP contribution in [0.2, 0.25) is 0 Å². The van der Waals surface area contributed by atoms with E-state index >= 15 is 0 Å². The van der Waals surface area contributed by atoms with Crippen molar-refractivity contribution >= 4 is 53.8 Å². The number of esters is 1. The minimum Gasteiger partial charge on any atom is -0.460 e. The van der Waals surface area contributed by atoms with Crippen LogP contribution in [0.1, 0.15) is 26.7 Å². The van der Waals surface area contributed by atoms with E-state index in [1.165, 1.54) is 6.92 Å². The fraction of sp³-hybridized carbons (Fsp3) is 0.647. The number of carbonyl (C=O) groups is 1. The summed E-state index contributed by atoms with van der Waals surface area (Å²) in [5, 5.41) is 0. The van der Waals surface area contributed by atoms with Crippen LogP contribution in [0.25, 0.3) is 0 Å². The molecule has 0 amide bonds. The van der Waals surface area contributed by atoms with E-state index in [9.17, 15) is 4.79 Å². The van der Waals surface area contributed by atoms with Crippen molar-refractivity contribution in [3.8, 4) is 0 Å². The smallest absolute Gasteiger partial charge is 0.302 e. The molecule has 0 radical (unpaired) electrons. The van der Waals surface area contributed by atoms with Crippen LogP contribution in [-0.4, -0.2) is 46.1 Å². The van der Waals surface area contributed by atoms with Crippen LogP contribution in [0, 0.1) is 0 Å². The molecule has 0 saturated carbocycles. The molecule has 0 aliphatic carbocycles. The van der Waals surface area contributed by atoms with Crippen LogP contribution in [0.3, 0.4) is 0 Å². The highest BCUT2D eigenvalue weighted by Crippen LogP contribution is 2.35. The molecule has 1 fully saturated rings. The molecule has 0 N–H and O–H groups in total. The van der Waals surface area contributed by atoms with Crippen molar-refractivity contribution in [1.82, 2.24) is 0 Å². The van der Waals surface area contributed by atoms with E-state index in [4.69, 9.17) is 14.2 Å². The molecule has 24 heavy (non-hydrogen) atoms. The van der Waals surface area contributed by atoms with Gasteiger partial charge in [0, 0.05) is 28.0 Å². The van der Waals surface area contributed by atoms with Crippen molar-refractivity contribution in [2.24, 2.45) is 0 Å². The Morgan fingerprint density at radius 3 is 2.71 bits per heavy atom. The second-order valence-corrected chi connectivity index (χ2v) is 8.73. The zero-order valence-corrected chi connectivity index (χ0v) is 18.3. The minimum absolute atomic E-state index is 0.0548. The zero-order chi connectivity index (χ0) is 17.7. The molecule has 2 aliphatic heterocycles. The Kier molecular flexibility index (Phi) is 8.24. The first-order valence-corrected chi connectivity index (χ1v) is 10.6. The van der Waals surface area contributed by atoms with Gasteiger partial charge < -0.3 is 14.2 Å². The Balaban J connectivity index is 2.26. The Bertz CT molecular complexity index is 530. The molecule has 0 aromatic heterocycles. The van der Waals surface area contributed by atoms with E-state index in [2.05, 4.69) is 53.5 Å². The number of fused-ring (bicyclic) bond motifs is 2. The fourth-order valence-corrected chi connectivity index (χ4v) is 4.58. The lowest BCUT2D eigenvalue weighted by atomic mass is 10.0. The Morgan fingerprint density at radius 1 is 1.29 bits per heavy atom. The molecule has 1 saturated heterocycles. The van der Waals surface area contributed by atoms with Crippen molar-refractivity contribution < 1.29 is 19.0 Å². The first-order valence-electron chi connectivity index (χ1n) is 7.86. The quantitative estimate of drug-likeness (QED) is 0.231. The molecular formula is C17H21Br3O4. The molecule has 4 nitrogen and oxygen atoms in total. The molecule has 2 rings (SSSR count). The topological polar surface area (TPSA) is 44.8 Å². The lowest BCUT2D eigenvalue weighted by Gasteiger charge is -2.26. The maximum Gasteiger partial charge on any atom is 0.302 e. The molecule has 0 aromatic carbocycles. The molecule has 7 atom stereocenters. The molecular weight excluding hydrogens is 508 g/mol. The average Bonchev–Trinajstić information content (AvgIpc) is 2.89. The number of halogens is 3. The highest BCUT2D eigenvalue weighted by atomic mass is 79.9. The molecule has 2 aliphatic rings. The Labute approximate surface area is 168 Å². The van der Waals surface area contributed by atoms with E-state index in [0.717, 1.165) is 6.42 Å². The monoisotopic (exact) mass is 526 g/mol. The summed E-state index contributed by atoms with van der Waals surface area (Å²) < 4.78 is 17.8. The van der Waals surface area contributed by atoms with Gasteiger partial charge in [-0.05, 0) is 19.4 Å². The van der Waals surface area contributed by atoms with E-state index in [1.807, 2.05) is 25.2 Å². The second-order valence-electron chi connectivity index (χ2n) is 5.92. The van der Waals surface area contributed by atoms with Crippen molar-refractivity contribution in [3.63, 3.8) is 0 Å². The predicted molar refractivity (Wildman–Crippen MR) is 104 cm³/mol. The van der Waals surface area contributed by atoms with Crippen LogP contribution in [0.4, 0.5) is 0 Å². The highest BCUT2D eigenvalue weighted by Gasteiger charge is 2.43. The van der Waals surface area contributed by atoms with Crippen molar-refractivity contribution in [2.45, 2.75) is 66.9 Å². The van der Waals surface area contributed by atoms with Gasteiger partial charge in [-0.25, -0.2) is 0 Å². The van der Waals surface area contributed by atoms with E-state index in [1.54, 1.807) is 4.99 Å². The summed E-state index contributed by atoms with van der Waals surface area (Å²) in [5.41, 5.74) is 3.00. The third kappa shape index (κ3) is 5.82. The van der Waals surface area contributed by atoms with Gasteiger partial charge in [0.15, 0.2) is 0 Å². The van der Waals surface area contributed by atoms with Gasteiger partial charge in [-0.2, -0.15) is 0 Å². The molecule has 2 bridgehead atoms. The van der Waals surface area contributed by atoms with Crippen molar-refractivity contribution in [3.05, 3.63) is 28.9 Å². The minimum atomic E-state index is -0.289.